The molecular weight excluding hydrogens is 1390 g/mol. The normalized spacial score (nSPS) is 14.0. The molecule has 2 unspecified atom stereocenters. The van der Waals surface area contributed by atoms with Crippen molar-refractivity contribution in [1.29, 1.82) is 0 Å². The summed E-state index contributed by atoms with van der Waals surface area (Å²) in [5, 5.41) is 2.16. The lowest BCUT2D eigenvalue weighted by molar-refractivity contribution is 0.111. The molecule has 13 rings (SSSR count). The Morgan fingerprint density at radius 3 is 0.942 bits per heavy atom. The molecule has 0 spiro atoms. The molecule has 11 aromatic rings. The van der Waals surface area contributed by atoms with Crippen LogP contribution in [0.5, 0.6) is 0 Å². The van der Waals surface area contributed by atoms with E-state index in [1.807, 2.05) is 34.8 Å². The molecule has 10 heteroatoms. The highest BCUT2D eigenvalue weighted by Gasteiger charge is 2.54. The number of fused-ring (bicyclic) bond motifs is 10. The van der Waals surface area contributed by atoms with Crippen LogP contribution >= 0.6 is 68.0 Å². The van der Waals surface area contributed by atoms with Gasteiger partial charge in [-0.15, -0.1) is 68.0 Å². The maximum absolute atomic E-state index is 18.2. The molecule has 5 aromatic carbocycles. The van der Waals surface area contributed by atoms with Crippen LogP contribution in [0.3, 0.4) is 0 Å². The van der Waals surface area contributed by atoms with Gasteiger partial charge in [-0.3, -0.25) is 9.59 Å². The molecular formula is C94H108F2O2S6. The maximum Gasteiger partial charge on any atom is 0.160 e. The fraction of sp³-hybridized carbons (Fsp3) is 0.447. The third-order valence-electron chi connectivity index (χ3n) is 23.3. The van der Waals surface area contributed by atoms with Crippen molar-refractivity contribution in [1.82, 2.24) is 0 Å². The van der Waals surface area contributed by atoms with Gasteiger partial charge in [-0.25, -0.2) is 8.78 Å². The minimum atomic E-state index is -0.937. The van der Waals surface area contributed by atoms with Crippen LogP contribution in [0.4, 0.5) is 8.78 Å². The van der Waals surface area contributed by atoms with E-state index >= 15 is 8.78 Å². The summed E-state index contributed by atoms with van der Waals surface area (Å²) in [7, 11) is 0. The number of unbranched alkanes of at least 4 members (excludes halogenated alkanes) is 14. The number of rotatable bonds is 40. The number of carbonyl (C=O) groups excluding carboxylic acids is 2. The third-order valence-corrected chi connectivity index (χ3v) is 30.5. The van der Waals surface area contributed by atoms with Crippen LogP contribution < -0.4 is 0 Å². The minimum Gasteiger partial charge on any atom is -0.297 e. The average molecular weight is 1500 g/mol. The van der Waals surface area contributed by atoms with E-state index < -0.39 is 10.8 Å². The van der Waals surface area contributed by atoms with Gasteiger partial charge < -0.3 is 0 Å². The van der Waals surface area contributed by atoms with Gasteiger partial charge in [-0.2, -0.15) is 0 Å². The van der Waals surface area contributed by atoms with E-state index in [4.69, 9.17) is 0 Å². The molecule has 104 heavy (non-hydrogen) atoms. The summed E-state index contributed by atoms with van der Waals surface area (Å²) in [5.74, 6) is 0.364. The Hall–Kier alpha value is -5.98. The van der Waals surface area contributed by atoms with E-state index in [0.29, 0.717) is 34.4 Å². The molecule has 2 nitrogen and oxygen atoms in total. The van der Waals surface area contributed by atoms with Gasteiger partial charge >= 0.3 is 0 Å². The highest BCUT2D eigenvalue weighted by Crippen LogP contribution is 2.70. The first-order valence-corrected chi connectivity index (χ1v) is 45.1. The molecule has 546 valence electrons. The van der Waals surface area contributed by atoms with Crippen molar-refractivity contribution >= 4 is 101 Å². The molecule has 0 saturated carbocycles. The van der Waals surface area contributed by atoms with Crippen LogP contribution in [0, 0.1) is 23.5 Å². The van der Waals surface area contributed by atoms with Crippen molar-refractivity contribution < 1.29 is 18.4 Å². The lowest BCUT2D eigenvalue weighted by atomic mass is 9.66. The van der Waals surface area contributed by atoms with Gasteiger partial charge in [0.1, 0.15) is 11.6 Å². The number of aldehydes is 2. The van der Waals surface area contributed by atoms with Gasteiger partial charge in [-0.1, -0.05) is 281 Å². The Kier molecular flexibility index (Phi) is 25.6. The minimum absolute atomic E-state index is 0.153. The fourth-order valence-electron chi connectivity index (χ4n) is 17.5. The highest BCUT2D eigenvalue weighted by atomic mass is 32.1. The Labute approximate surface area is 644 Å². The monoisotopic (exact) mass is 1500 g/mol. The van der Waals surface area contributed by atoms with E-state index in [9.17, 15) is 9.59 Å². The Morgan fingerprint density at radius 2 is 0.663 bits per heavy atom. The van der Waals surface area contributed by atoms with Crippen LogP contribution in [0.25, 0.3) is 60.6 Å². The number of hydrogen-bond acceptors (Lipinski definition) is 8. The molecule has 2 aliphatic rings. The topological polar surface area (TPSA) is 34.1 Å². The number of thiophene rings is 6. The van der Waals surface area contributed by atoms with Crippen LogP contribution in [0.15, 0.2) is 121 Å². The molecule has 0 fully saturated rings. The standard InChI is InChI=1S/C94H108F2O2S6/c1-9-17-23-27-33-63-37-45-67(46-38-63)93(68-47-39-64(40-48-68)34-28-24-18-10-2)73-55-71(59-97)99-87(73)91-85(93)83-81(79-57-75(95)77(101-79)53-61(15-7)31-21-13-5)90-84(82(89(83)103-91)80-58-76(96)78(102-80)54-62(16-8)32-22-14-6)86-92(104-90)88-74(56-72(60-98)100-88)94(86,69-49-41-65(42-50-69)35-29-25-19-11-3)70-51-43-66(44-52-70)36-30-26-20-12-4/h37-52,55-62H,9-36,53-54H2,1-8H3. The lowest BCUT2D eigenvalue weighted by Gasteiger charge is -2.35. The van der Waals surface area contributed by atoms with Gasteiger partial charge in [0.2, 0.25) is 0 Å². The third kappa shape index (κ3) is 14.8. The lowest BCUT2D eigenvalue weighted by Crippen LogP contribution is -2.29. The van der Waals surface area contributed by atoms with Crippen molar-refractivity contribution in [3.05, 3.63) is 219 Å². The zero-order valence-electron chi connectivity index (χ0n) is 63.1. The second-order valence-corrected chi connectivity index (χ2v) is 36.8. The zero-order valence-corrected chi connectivity index (χ0v) is 68.0. The summed E-state index contributed by atoms with van der Waals surface area (Å²) >= 11 is 10.1. The van der Waals surface area contributed by atoms with E-state index in [1.54, 1.807) is 45.3 Å². The number of aryl methyl sites for hydroxylation is 4. The van der Waals surface area contributed by atoms with Gasteiger partial charge in [0.05, 0.1) is 40.1 Å². The van der Waals surface area contributed by atoms with Crippen LogP contribution in [0.1, 0.15) is 305 Å². The molecule has 0 bridgehead atoms. The Morgan fingerprint density at radius 1 is 0.356 bits per heavy atom. The second-order valence-electron chi connectivity index (χ2n) is 30.3. The summed E-state index contributed by atoms with van der Waals surface area (Å²) in [4.78, 5) is 36.5. The number of halogens is 2. The first-order chi connectivity index (χ1) is 50.9. The molecule has 0 aliphatic heterocycles. The quantitative estimate of drug-likeness (QED) is 0.0283. The van der Waals surface area contributed by atoms with E-state index in [1.165, 1.54) is 99.3 Å². The molecule has 0 saturated heterocycles. The Balaban J connectivity index is 1.21. The SMILES string of the molecule is CCCCCCc1ccc(C2(c3ccc(CCCCCC)cc3)c3cc(C=O)sc3-c3sc4c(-c5cc(F)c(CC(CC)CCCC)s5)c5c6c(sc5c(-c5cc(F)c(CC(CC)CCCC)s5)c4c32)-c2sc(C=O)cc2C6(c2ccc(CCCCCC)cc2)c2ccc(CCCCCC)cc2)cc1. The summed E-state index contributed by atoms with van der Waals surface area (Å²) in [5.41, 5.74) is 14.5. The number of benzene rings is 5. The summed E-state index contributed by atoms with van der Waals surface area (Å²) in [6, 6.07) is 46.3. The van der Waals surface area contributed by atoms with Gasteiger partial charge in [0, 0.05) is 50.8 Å². The number of hydrogen-bond donors (Lipinski definition) is 0. The first kappa shape index (κ1) is 76.2. The molecule has 0 N–H and O–H groups in total. The van der Waals surface area contributed by atoms with Crippen LogP contribution in [-0.4, -0.2) is 12.6 Å². The summed E-state index contributed by atoms with van der Waals surface area (Å²) in [6.45, 7) is 18.1. The summed E-state index contributed by atoms with van der Waals surface area (Å²) in [6.07, 6.45) is 34.7. The second kappa shape index (κ2) is 34.9. The largest absolute Gasteiger partial charge is 0.297 e. The molecule has 2 atom stereocenters. The zero-order chi connectivity index (χ0) is 72.5. The van der Waals surface area contributed by atoms with Crippen molar-refractivity contribution in [3.63, 3.8) is 0 Å². The van der Waals surface area contributed by atoms with E-state index in [-0.39, 0.29) is 11.6 Å². The predicted octanol–water partition coefficient (Wildman–Crippen LogP) is 30.3. The summed E-state index contributed by atoms with van der Waals surface area (Å²) < 4.78 is 38.5. The van der Waals surface area contributed by atoms with Gasteiger partial charge in [0.15, 0.2) is 12.6 Å². The van der Waals surface area contributed by atoms with Crippen molar-refractivity contribution in [2.75, 3.05) is 0 Å². The highest BCUT2D eigenvalue weighted by molar-refractivity contribution is 7.30. The molecule has 0 radical (unpaired) electrons. The van der Waals surface area contributed by atoms with Gasteiger partial charge in [-0.05, 0) is 167 Å². The van der Waals surface area contributed by atoms with Gasteiger partial charge in [0.25, 0.3) is 0 Å². The molecule has 6 heterocycles. The Bertz CT molecular complexity index is 4290. The van der Waals surface area contributed by atoms with E-state index in [0.717, 1.165) is 230 Å². The number of carbonyl (C=O) groups is 2. The van der Waals surface area contributed by atoms with E-state index in [2.05, 4.69) is 165 Å². The molecule has 6 aromatic heterocycles. The molecule has 2 aliphatic carbocycles. The first-order valence-electron chi connectivity index (χ1n) is 40.2. The smallest absolute Gasteiger partial charge is 0.160 e. The predicted molar refractivity (Wildman–Crippen MR) is 450 cm³/mol. The average Bonchev–Trinajstić information content (AvgIpc) is 1.49. The van der Waals surface area contributed by atoms with Crippen LogP contribution in [-0.2, 0) is 49.4 Å². The fourth-order valence-corrected chi connectivity index (χ4v) is 25.3. The van der Waals surface area contributed by atoms with Crippen molar-refractivity contribution in [2.45, 2.75) is 259 Å². The molecule has 0 amide bonds. The van der Waals surface area contributed by atoms with Crippen molar-refractivity contribution in [2.24, 2.45) is 11.8 Å². The maximum atomic E-state index is 18.2. The van der Waals surface area contributed by atoms with Crippen LogP contribution in [0.2, 0.25) is 0 Å². The van der Waals surface area contributed by atoms with Crippen molar-refractivity contribution in [3.8, 4) is 40.4 Å².